The molecule has 0 radical (unpaired) electrons. The zero-order chi connectivity index (χ0) is 13.7. The molecule has 3 atom stereocenters. The van der Waals surface area contributed by atoms with Crippen molar-refractivity contribution < 1.29 is 0 Å². The predicted molar refractivity (Wildman–Crippen MR) is 86.8 cm³/mol. The van der Waals surface area contributed by atoms with Crippen molar-refractivity contribution in [2.75, 3.05) is 0 Å². The van der Waals surface area contributed by atoms with E-state index in [0.29, 0.717) is 11.3 Å². The molecule has 3 heteroatoms. The van der Waals surface area contributed by atoms with E-state index >= 15 is 0 Å². The molecular formula is C16H24ClNS. The first kappa shape index (κ1) is 15.2. The minimum atomic E-state index is 0.380. The lowest BCUT2D eigenvalue weighted by Gasteiger charge is -2.33. The zero-order valence-electron chi connectivity index (χ0n) is 11.6. The molecule has 1 aromatic carbocycles. The molecule has 0 bridgehead atoms. The first-order valence-electron chi connectivity index (χ1n) is 7.30. The molecule has 0 heterocycles. The number of rotatable bonds is 5. The fourth-order valence-electron chi connectivity index (χ4n) is 2.88. The number of hydrogen-bond acceptors (Lipinski definition) is 2. The van der Waals surface area contributed by atoms with Crippen LogP contribution in [0.4, 0.5) is 0 Å². The summed E-state index contributed by atoms with van der Waals surface area (Å²) in [6.45, 7) is 2.28. The second-order valence-corrected chi connectivity index (χ2v) is 7.27. The zero-order valence-corrected chi connectivity index (χ0v) is 13.2. The maximum Gasteiger partial charge on any atom is 0.0406 e. The lowest BCUT2D eigenvalue weighted by molar-refractivity contribution is 0.317. The lowest BCUT2D eigenvalue weighted by Crippen LogP contribution is -2.38. The SMILES string of the molecule is CCCC1CCC(N)C(SCc2ccc(Cl)cc2)C1. The van der Waals surface area contributed by atoms with Crippen molar-refractivity contribution in [1.29, 1.82) is 0 Å². The molecular weight excluding hydrogens is 274 g/mol. The van der Waals surface area contributed by atoms with Gasteiger partial charge in [0.2, 0.25) is 0 Å². The Morgan fingerprint density at radius 2 is 2.00 bits per heavy atom. The summed E-state index contributed by atoms with van der Waals surface area (Å²) in [5, 5.41) is 1.44. The van der Waals surface area contributed by atoms with E-state index in [-0.39, 0.29) is 0 Å². The monoisotopic (exact) mass is 297 g/mol. The molecule has 0 saturated heterocycles. The Morgan fingerprint density at radius 3 is 2.68 bits per heavy atom. The molecule has 1 fully saturated rings. The van der Waals surface area contributed by atoms with Crippen LogP contribution in [0, 0.1) is 5.92 Å². The van der Waals surface area contributed by atoms with E-state index in [9.17, 15) is 0 Å². The molecule has 106 valence electrons. The van der Waals surface area contributed by atoms with Gasteiger partial charge in [0, 0.05) is 22.1 Å². The summed E-state index contributed by atoms with van der Waals surface area (Å²) in [6, 6.07) is 8.56. The third kappa shape index (κ3) is 4.70. The van der Waals surface area contributed by atoms with Gasteiger partial charge in [-0.1, -0.05) is 43.5 Å². The average molecular weight is 298 g/mol. The standard InChI is InChI=1S/C16H24ClNS/c1-2-3-12-6-9-15(18)16(10-12)19-11-13-4-7-14(17)8-5-13/h4-5,7-8,12,15-16H,2-3,6,9-11,18H2,1H3. The van der Waals surface area contributed by atoms with Crippen molar-refractivity contribution in [3.05, 3.63) is 34.9 Å². The molecule has 0 aromatic heterocycles. The van der Waals surface area contributed by atoms with Crippen LogP contribution in [-0.2, 0) is 5.75 Å². The van der Waals surface area contributed by atoms with Crippen molar-refractivity contribution in [3.8, 4) is 0 Å². The van der Waals surface area contributed by atoms with Gasteiger partial charge in [-0.3, -0.25) is 0 Å². The van der Waals surface area contributed by atoms with E-state index in [0.717, 1.165) is 16.7 Å². The van der Waals surface area contributed by atoms with Gasteiger partial charge in [0.05, 0.1) is 0 Å². The van der Waals surface area contributed by atoms with Gasteiger partial charge in [-0.25, -0.2) is 0 Å². The average Bonchev–Trinajstić information content (AvgIpc) is 2.41. The summed E-state index contributed by atoms with van der Waals surface area (Å²) in [6.07, 6.45) is 6.49. The van der Waals surface area contributed by atoms with Crippen molar-refractivity contribution in [2.45, 2.75) is 56.1 Å². The summed E-state index contributed by atoms with van der Waals surface area (Å²) in [7, 11) is 0. The molecule has 1 aliphatic rings. The van der Waals surface area contributed by atoms with E-state index < -0.39 is 0 Å². The van der Waals surface area contributed by atoms with Gasteiger partial charge in [0.25, 0.3) is 0 Å². The minimum Gasteiger partial charge on any atom is -0.327 e. The molecule has 2 N–H and O–H groups in total. The number of halogens is 1. The van der Waals surface area contributed by atoms with Crippen LogP contribution >= 0.6 is 23.4 Å². The maximum absolute atomic E-state index is 6.28. The van der Waals surface area contributed by atoms with Gasteiger partial charge in [-0.2, -0.15) is 11.8 Å². The summed E-state index contributed by atoms with van der Waals surface area (Å²) < 4.78 is 0. The van der Waals surface area contributed by atoms with Crippen LogP contribution in [0.15, 0.2) is 24.3 Å². The Morgan fingerprint density at radius 1 is 1.26 bits per heavy atom. The first-order valence-corrected chi connectivity index (χ1v) is 8.73. The van der Waals surface area contributed by atoms with Crippen LogP contribution in [0.1, 0.15) is 44.6 Å². The third-order valence-corrected chi connectivity index (χ3v) is 5.75. The molecule has 1 aromatic rings. The summed E-state index contributed by atoms with van der Waals surface area (Å²) in [5.41, 5.74) is 7.63. The maximum atomic E-state index is 6.28. The summed E-state index contributed by atoms with van der Waals surface area (Å²) in [5.74, 6) is 1.95. The van der Waals surface area contributed by atoms with Crippen LogP contribution in [0.5, 0.6) is 0 Å². The highest BCUT2D eigenvalue weighted by atomic mass is 35.5. The molecule has 1 saturated carbocycles. The molecule has 3 unspecified atom stereocenters. The normalized spacial score (nSPS) is 27.4. The van der Waals surface area contributed by atoms with Gasteiger partial charge in [0.1, 0.15) is 0 Å². The van der Waals surface area contributed by atoms with Gasteiger partial charge < -0.3 is 5.73 Å². The van der Waals surface area contributed by atoms with Crippen LogP contribution in [0.3, 0.4) is 0 Å². The summed E-state index contributed by atoms with van der Waals surface area (Å²) in [4.78, 5) is 0. The van der Waals surface area contributed by atoms with Gasteiger partial charge >= 0.3 is 0 Å². The number of thioether (sulfide) groups is 1. The van der Waals surface area contributed by atoms with Gasteiger partial charge in [0.15, 0.2) is 0 Å². The van der Waals surface area contributed by atoms with E-state index in [4.69, 9.17) is 17.3 Å². The van der Waals surface area contributed by atoms with E-state index in [1.54, 1.807) is 0 Å². The van der Waals surface area contributed by atoms with Crippen LogP contribution < -0.4 is 5.73 Å². The number of benzene rings is 1. The highest BCUT2D eigenvalue weighted by molar-refractivity contribution is 7.99. The fourth-order valence-corrected chi connectivity index (χ4v) is 4.40. The fraction of sp³-hybridized carbons (Fsp3) is 0.625. The molecule has 0 spiro atoms. The topological polar surface area (TPSA) is 26.0 Å². The Balaban J connectivity index is 1.84. The molecule has 1 nitrogen and oxygen atoms in total. The van der Waals surface area contributed by atoms with Crippen LogP contribution in [-0.4, -0.2) is 11.3 Å². The van der Waals surface area contributed by atoms with Crippen LogP contribution in [0.2, 0.25) is 5.02 Å². The molecule has 0 aliphatic heterocycles. The van der Waals surface area contributed by atoms with Crippen molar-refractivity contribution >= 4 is 23.4 Å². The van der Waals surface area contributed by atoms with Gasteiger partial charge in [-0.15, -0.1) is 0 Å². The van der Waals surface area contributed by atoms with E-state index in [1.165, 1.54) is 37.7 Å². The lowest BCUT2D eigenvalue weighted by atomic mass is 9.83. The molecule has 2 rings (SSSR count). The minimum absolute atomic E-state index is 0.380. The first-order chi connectivity index (χ1) is 9.19. The van der Waals surface area contributed by atoms with Crippen molar-refractivity contribution in [3.63, 3.8) is 0 Å². The van der Waals surface area contributed by atoms with E-state index in [2.05, 4.69) is 19.1 Å². The van der Waals surface area contributed by atoms with Crippen molar-refractivity contribution in [2.24, 2.45) is 11.7 Å². The summed E-state index contributed by atoms with van der Waals surface area (Å²) >= 11 is 7.94. The predicted octanol–water partition coefficient (Wildman–Crippen LogP) is 4.87. The number of hydrogen-bond donors (Lipinski definition) is 1. The Kier molecular flexibility index (Phi) is 6.06. The Labute approximate surface area is 126 Å². The molecule has 0 amide bonds. The van der Waals surface area contributed by atoms with E-state index in [1.807, 2.05) is 23.9 Å². The van der Waals surface area contributed by atoms with Crippen LogP contribution in [0.25, 0.3) is 0 Å². The Bertz CT molecular complexity index is 379. The Hall–Kier alpha value is -0.180. The smallest absolute Gasteiger partial charge is 0.0406 e. The second kappa shape index (κ2) is 7.56. The largest absolute Gasteiger partial charge is 0.327 e. The quantitative estimate of drug-likeness (QED) is 0.839. The third-order valence-electron chi connectivity index (χ3n) is 4.03. The van der Waals surface area contributed by atoms with Gasteiger partial charge in [-0.05, 0) is 42.9 Å². The molecule has 1 aliphatic carbocycles. The van der Waals surface area contributed by atoms with Crippen molar-refractivity contribution in [1.82, 2.24) is 0 Å². The molecule has 19 heavy (non-hydrogen) atoms. The number of nitrogens with two attached hydrogens (primary N) is 1. The highest BCUT2D eigenvalue weighted by Gasteiger charge is 2.27. The highest BCUT2D eigenvalue weighted by Crippen LogP contribution is 2.35. The second-order valence-electron chi connectivity index (χ2n) is 5.61.